The van der Waals surface area contributed by atoms with Crippen LogP contribution in [0.5, 0.6) is 0 Å². The van der Waals surface area contributed by atoms with Crippen molar-refractivity contribution in [3.05, 3.63) is 59.7 Å². The highest BCUT2D eigenvalue weighted by atomic mass is 32.2. The third-order valence-electron chi connectivity index (χ3n) is 3.77. The molecule has 0 fully saturated rings. The van der Waals surface area contributed by atoms with Crippen molar-refractivity contribution in [2.45, 2.75) is 43.8 Å². The maximum absolute atomic E-state index is 13.0. The van der Waals surface area contributed by atoms with E-state index >= 15 is 0 Å². The lowest BCUT2D eigenvalue weighted by Crippen LogP contribution is -2.30. The van der Waals surface area contributed by atoms with Crippen LogP contribution in [0.25, 0.3) is 0 Å². The Morgan fingerprint density at radius 3 is 2.21 bits per heavy atom. The Bertz CT molecular complexity index is 924. The summed E-state index contributed by atoms with van der Waals surface area (Å²) in [5.74, 6) is -0.560. The van der Waals surface area contributed by atoms with E-state index in [1.807, 2.05) is 0 Å². The zero-order chi connectivity index (χ0) is 20.9. The lowest BCUT2D eigenvalue weighted by Gasteiger charge is -2.13. The highest BCUT2D eigenvalue weighted by molar-refractivity contribution is 7.89. The van der Waals surface area contributed by atoms with Crippen LogP contribution in [0.2, 0.25) is 0 Å². The van der Waals surface area contributed by atoms with Gasteiger partial charge in [-0.3, -0.25) is 4.79 Å². The molecule has 0 aliphatic rings. The smallest absolute Gasteiger partial charge is 0.325 e. The van der Waals surface area contributed by atoms with Crippen molar-refractivity contribution in [2.24, 2.45) is 0 Å². The Kier molecular flexibility index (Phi) is 6.84. The van der Waals surface area contributed by atoms with Gasteiger partial charge in [-0.1, -0.05) is 24.3 Å². The van der Waals surface area contributed by atoms with Crippen LogP contribution in [0.1, 0.15) is 31.4 Å². The molecule has 2 aromatic carbocycles. The van der Waals surface area contributed by atoms with Gasteiger partial charge in [0.2, 0.25) is 15.9 Å². The average molecular weight is 414 g/mol. The van der Waals surface area contributed by atoms with Gasteiger partial charge in [0.25, 0.3) is 0 Å². The number of halogens is 3. The van der Waals surface area contributed by atoms with E-state index in [1.165, 1.54) is 30.3 Å². The van der Waals surface area contributed by atoms with Gasteiger partial charge in [0.15, 0.2) is 0 Å². The van der Waals surface area contributed by atoms with Crippen molar-refractivity contribution >= 4 is 21.6 Å². The van der Waals surface area contributed by atoms with Crippen LogP contribution in [0.4, 0.5) is 18.9 Å². The van der Waals surface area contributed by atoms with Gasteiger partial charge in [-0.2, -0.15) is 13.2 Å². The Morgan fingerprint density at radius 1 is 1.04 bits per heavy atom. The molecule has 0 heterocycles. The summed E-state index contributed by atoms with van der Waals surface area (Å²) in [5.41, 5.74) is -0.500. The number of sulfonamides is 1. The van der Waals surface area contributed by atoms with E-state index in [2.05, 4.69) is 10.0 Å². The number of anilines is 1. The van der Waals surface area contributed by atoms with Crippen molar-refractivity contribution in [1.82, 2.24) is 4.72 Å². The molecule has 152 valence electrons. The van der Waals surface area contributed by atoms with E-state index in [1.54, 1.807) is 26.0 Å². The molecular formula is C19H21F3N2O3S. The van der Waals surface area contributed by atoms with Crippen LogP contribution in [0.15, 0.2) is 53.4 Å². The first kappa shape index (κ1) is 21.9. The molecular weight excluding hydrogens is 393 g/mol. The first-order valence-corrected chi connectivity index (χ1v) is 10.0. The molecule has 2 aromatic rings. The SMILES string of the molecule is CC(C)NS(=O)(=O)c1ccc(CCC(=O)Nc2ccccc2C(F)(F)F)cc1. The van der Waals surface area contributed by atoms with Crippen LogP contribution in [-0.4, -0.2) is 20.4 Å². The fraction of sp³-hybridized carbons (Fsp3) is 0.316. The topological polar surface area (TPSA) is 75.3 Å². The molecule has 0 saturated carbocycles. The molecule has 0 aliphatic heterocycles. The maximum Gasteiger partial charge on any atom is 0.418 e. The van der Waals surface area contributed by atoms with E-state index in [0.717, 1.165) is 6.07 Å². The van der Waals surface area contributed by atoms with E-state index in [0.29, 0.717) is 5.56 Å². The Hall–Kier alpha value is -2.39. The Labute approximate surface area is 162 Å². The van der Waals surface area contributed by atoms with Crippen molar-refractivity contribution in [3.8, 4) is 0 Å². The second kappa shape index (κ2) is 8.74. The molecule has 1 amide bonds. The fourth-order valence-electron chi connectivity index (χ4n) is 2.52. The molecule has 0 bridgehead atoms. The summed E-state index contributed by atoms with van der Waals surface area (Å²) in [6.07, 6.45) is -4.34. The minimum atomic E-state index is -4.56. The van der Waals surface area contributed by atoms with Gasteiger partial charge in [-0.15, -0.1) is 0 Å². The zero-order valence-corrected chi connectivity index (χ0v) is 16.2. The predicted molar refractivity (Wildman–Crippen MR) is 100 cm³/mol. The van der Waals surface area contributed by atoms with Gasteiger partial charge < -0.3 is 5.32 Å². The predicted octanol–water partition coefficient (Wildman–Crippen LogP) is 3.96. The van der Waals surface area contributed by atoms with Crippen molar-refractivity contribution in [3.63, 3.8) is 0 Å². The van der Waals surface area contributed by atoms with Crippen molar-refractivity contribution < 1.29 is 26.4 Å². The van der Waals surface area contributed by atoms with E-state index < -0.39 is 27.7 Å². The molecule has 0 saturated heterocycles. The number of amides is 1. The highest BCUT2D eigenvalue weighted by Gasteiger charge is 2.33. The molecule has 0 spiro atoms. The number of rotatable bonds is 7. The second-order valence-electron chi connectivity index (χ2n) is 6.51. The molecule has 0 atom stereocenters. The third kappa shape index (κ3) is 6.07. The molecule has 0 aliphatic carbocycles. The highest BCUT2D eigenvalue weighted by Crippen LogP contribution is 2.34. The Balaban J connectivity index is 1.99. The summed E-state index contributed by atoms with van der Waals surface area (Å²) >= 11 is 0. The number of alkyl halides is 3. The second-order valence-corrected chi connectivity index (χ2v) is 8.23. The molecule has 5 nitrogen and oxygen atoms in total. The summed E-state index contributed by atoms with van der Waals surface area (Å²) in [6.45, 7) is 3.42. The summed E-state index contributed by atoms with van der Waals surface area (Å²) in [5, 5.41) is 2.28. The zero-order valence-electron chi connectivity index (χ0n) is 15.4. The van der Waals surface area contributed by atoms with Crippen LogP contribution >= 0.6 is 0 Å². The minimum absolute atomic E-state index is 0.0392. The standard InChI is InChI=1S/C19H21F3N2O3S/c1-13(2)24-28(26,27)15-10-7-14(8-11-15)9-12-18(25)23-17-6-4-3-5-16(17)19(20,21)22/h3-8,10-11,13,24H,9,12H2,1-2H3,(H,23,25). The summed E-state index contributed by atoms with van der Waals surface area (Å²) < 4.78 is 65.5. The quantitative estimate of drug-likeness (QED) is 0.720. The van der Waals surface area contributed by atoms with Crippen LogP contribution in [0.3, 0.4) is 0 Å². The van der Waals surface area contributed by atoms with Crippen LogP contribution in [-0.2, 0) is 27.4 Å². The number of nitrogens with one attached hydrogen (secondary N) is 2. The number of carbonyl (C=O) groups is 1. The number of hydrogen-bond acceptors (Lipinski definition) is 3. The molecule has 2 N–H and O–H groups in total. The number of hydrogen-bond donors (Lipinski definition) is 2. The van der Waals surface area contributed by atoms with Gasteiger partial charge >= 0.3 is 6.18 Å². The number of carbonyl (C=O) groups excluding carboxylic acids is 1. The maximum atomic E-state index is 13.0. The minimum Gasteiger partial charge on any atom is -0.325 e. The van der Waals surface area contributed by atoms with Gasteiger partial charge in [-0.25, -0.2) is 13.1 Å². The fourth-order valence-corrected chi connectivity index (χ4v) is 3.77. The summed E-state index contributed by atoms with van der Waals surface area (Å²) in [4.78, 5) is 12.1. The van der Waals surface area contributed by atoms with Gasteiger partial charge in [0, 0.05) is 12.5 Å². The van der Waals surface area contributed by atoms with Crippen LogP contribution < -0.4 is 10.0 Å². The summed E-state index contributed by atoms with van der Waals surface area (Å²) in [6, 6.07) is 10.5. The lowest BCUT2D eigenvalue weighted by molar-refractivity contribution is -0.137. The molecule has 9 heteroatoms. The molecule has 0 radical (unpaired) electrons. The first-order valence-electron chi connectivity index (χ1n) is 8.56. The van der Waals surface area contributed by atoms with Gasteiger partial charge in [0.05, 0.1) is 16.1 Å². The van der Waals surface area contributed by atoms with E-state index in [4.69, 9.17) is 0 Å². The molecule has 0 aromatic heterocycles. The van der Waals surface area contributed by atoms with Gasteiger partial charge in [-0.05, 0) is 50.1 Å². The third-order valence-corrected chi connectivity index (χ3v) is 5.45. The molecule has 2 rings (SSSR count). The normalized spacial score (nSPS) is 12.2. The first-order chi connectivity index (χ1) is 13.0. The van der Waals surface area contributed by atoms with E-state index in [-0.39, 0.29) is 29.5 Å². The van der Waals surface area contributed by atoms with Crippen molar-refractivity contribution in [1.29, 1.82) is 0 Å². The average Bonchev–Trinajstić information content (AvgIpc) is 2.59. The van der Waals surface area contributed by atoms with Crippen molar-refractivity contribution in [2.75, 3.05) is 5.32 Å². The Morgan fingerprint density at radius 2 is 1.64 bits per heavy atom. The molecule has 0 unspecified atom stereocenters. The number of para-hydroxylation sites is 1. The lowest BCUT2D eigenvalue weighted by atomic mass is 10.1. The number of aryl methyl sites for hydroxylation is 1. The largest absolute Gasteiger partial charge is 0.418 e. The number of benzene rings is 2. The monoisotopic (exact) mass is 414 g/mol. The van der Waals surface area contributed by atoms with Crippen LogP contribution in [0, 0.1) is 0 Å². The summed E-state index contributed by atoms with van der Waals surface area (Å²) in [7, 11) is -3.60. The molecule has 28 heavy (non-hydrogen) atoms. The van der Waals surface area contributed by atoms with E-state index in [9.17, 15) is 26.4 Å². The van der Waals surface area contributed by atoms with Gasteiger partial charge in [0.1, 0.15) is 0 Å².